The largest absolute Gasteiger partial charge is 0.383 e. The number of piperidine rings is 1. The maximum atomic E-state index is 6.00. The predicted molar refractivity (Wildman–Crippen MR) is 65.5 cm³/mol. The molecule has 2 aliphatic rings. The zero-order valence-corrected chi connectivity index (χ0v) is 10.5. The average Bonchev–Trinajstić information content (AvgIpc) is 2.54. The number of rotatable bonds is 5. The smallest absolute Gasteiger partial charge is 0.0587 e. The van der Waals surface area contributed by atoms with Gasteiger partial charge in [-0.3, -0.25) is 0 Å². The molecule has 0 amide bonds. The van der Waals surface area contributed by atoms with Crippen molar-refractivity contribution < 1.29 is 4.74 Å². The van der Waals surface area contributed by atoms with E-state index < -0.39 is 0 Å². The zero-order chi connectivity index (χ0) is 11.6. The molecule has 16 heavy (non-hydrogen) atoms. The van der Waals surface area contributed by atoms with Gasteiger partial charge in [0.15, 0.2) is 0 Å². The van der Waals surface area contributed by atoms with Crippen LogP contribution in [0.4, 0.5) is 0 Å². The van der Waals surface area contributed by atoms with Gasteiger partial charge in [0, 0.05) is 37.8 Å². The second-order valence-electron chi connectivity index (χ2n) is 5.36. The lowest BCUT2D eigenvalue weighted by atomic mass is 9.83. The summed E-state index contributed by atoms with van der Waals surface area (Å²) in [6.45, 7) is 2.43. The van der Waals surface area contributed by atoms with Gasteiger partial charge in [0.05, 0.1) is 6.61 Å². The minimum absolute atomic E-state index is 0.164. The van der Waals surface area contributed by atoms with Crippen molar-refractivity contribution >= 4 is 0 Å². The molecule has 0 aromatic carbocycles. The molecule has 2 aliphatic heterocycles. The molecule has 2 bridgehead atoms. The van der Waals surface area contributed by atoms with Crippen LogP contribution in [-0.2, 0) is 4.74 Å². The Bertz CT molecular complexity index is 220. The molecule has 0 aromatic rings. The Hall–Kier alpha value is -0.160. The third-order valence-electron chi connectivity index (χ3n) is 4.43. The summed E-state index contributed by atoms with van der Waals surface area (Å²) in [5, 5.41) is 3.63. The molecule has 94 valence electrons. The topological polar surface area (TPSA) is 50.5 Å². The molecule has 0 aliphatic carbocycles. The van der Waals surface area contributed by atoms with Gasteiger partial charge < -0.3 is 20.7 Å². The van der Waals surface area contributed by atoms with Gasteiger partial charge in [-0.1, -0.05) is 0 Å². The van der Waals surface area contributed by atoms with Gasteiger partial charge in [-0.2, -0.15) is 0 Å². The highest BCUT2D eigenvalue weighted by molar-refractivity contribution is 5.05. The molecule has 0 saturated carbocycles. The summed E-state index contributed by atoms with van der Waals surface area (Å²) in [4.78, 5) is 2.55. The van der Waals surface area contributed by atoms with Gasteiger partial charge in [0.1, 0.15) is 0 Å². The van der Waals surface area contributed by atoms with Crippen LogP contribution in [-0.4, -0.2) is 56.4 Å². The standard InChI is InChI=1S/C12H25N3O/c1-15-10-3-4-11(15)8-12(7-10,9-13)14-5-6-16-2/h10-11,14H,3-9,13H2,1-2H3. The molecular weight excluding hydrogens is 202 g/mol. The molecule has 2 unspecified atom stereocenters. The van der Waals surface area contributed by atoms with Gasteiger partial charge in [-0.15, -0.1) is 0 Å². The molecule has 2 atom stereocenters. The average molecular weight is 227 g/mol. The summed E-state index contributed by atoms with van der Waals surface area (Å²) in [5.41, 5.74) is 6.16. The fourth-order valence-electron chi connectivity index (χ4n) is 3.37. The second kappa shape index (κ2) is 5.00. The van der Waals surface area contributed by atoms with Crippen LogP contribution < -0.4 is 11.1 Å². The lowest BCUT2D eigenvalue weighted by Crippen LogP contribution is -2.60. The Morgan fingerprint density at radius 2 is 2.00 bits per heavy atom. The van der Waals surface area contributed by atoms with E-state index in [9.17, 15) is 0 Å². The number of nitrogens with two attached hydrogens (primary N) is 1. The van der Waals surface area contributed by atoms with Gasteiger partial charge in [0.25, 0.3) is 0 Å². The molecule has 0 radical (unpaired) electrons. The molecule has 2 saturated heterocycles. The third kappa shape index (κ3) is 2.25. The van der Waals surface area contributed by atoms with Crippen molar-refractivity contribution in [1.82, 2.24) is 10.2 Å². The number of hydrogen-bond acceptors (Lipinski definition) is 4. The first kappa shape index (κ1) is 12.3. The van der Waals surface area contributed by atoms with Crippen LogP contribution in [0.3, 0.4) is 0 Å². The van der Waals surface area contributed by atoms with Gasteiger partial charge >= 0.3 is 0 Å². The predicted octanol–water partition coefficient (Wildman–Crippen LogP) is 0.177. The molecule has 4 heteroatoms. The van der Waals surface area contributed by atoms with E-state index in [1.165, 1.54) is 25.7 Å². The summed E-state index contributed by atoms with van der Waals surface area (Å²) in [5.74, 6) is 0. The van der Waals surface area contributed by atoms with Gasteiger partial charge in [0.2, 0.25) is 0 Å². The molecule has 0 spiro atoms. The van der Waals surface area contributed by atoms with Crippen molar-refractivity contribution in [3.05, 3.63) is 0 Å². The SMILES string of the molecule is COCCNC1(CN)CC2CCC(C1)N2C. The molecule has 3 N–H and O–H groups in total. The maximum absolute atomic E-state index is 6.00. The number of methoxy groups -OCH3 is 1. The minimum atomic E-state index is 0.164. The van der Waals surface area contributed by atoms with Crippen LogP contribution in [0, 0.1) is 0 Å². The Morgan fingerprint density at radius 3 is 2.50 bits per heavy atom. The highest BCUT2D eigenvalue weighted by Crippen LogP contribution is 2.39. The summed E-state index contributed by atoms with van der Waals surface area (Å²) in [7, 11) is 4.01. The quantitative estimate of drug-likeness (QED) is 0.658. The van der Waals surface area contributed by atoms with E-state index in [4.69, 9.17) is 10.5 Å². The summed E-state index contributed by atoms with van der Waals surface area (Å²) < 4.78 is 5.10. The lowest BCUT2D eigenvalue weighted by Gasteiger charge is -2.45. The molecule has 4 nitrogen and oxygen atoms in total. The summed E-state index contributed by atoms with van der Waals surface area (Å²) in [6, 6.07) is 1.47. The van der Waals surface area contributed by atoms with E-state index in [1.54, 1.807) is 7.11 Å². The molecule has 2 rings (SSSR count). The van der Waals surface area contributed by atoms with Crippen molar-refractivity contribution in [2.45, 2.75) is 43.3 Å². The monoisotopic (exact) mass is 227 g/mol. The van der Waals surface area contributed by atoms with Crippen LogP contribution in [0.25, 0.3) is 0 Å². The Morgan fingerprint density at radius 1 is 1.38 bits per heavy atom. The third-order valence-corrected chi connectivity index (χ3v) is 4.43. The first-order valence-corrected chi connectivity index (χ1v) is 6.37. The summed E-state index contributed by atoms with van der Waals surface area (Å²) in [6.07, 6.45) is 5.07. The fourth-order valence-corrected chi connectivity index (χ4v) is 3.37. The molecule has 2 fully saturated rings. The van der Waals surface area contributed by atoms with Crippen molar-refractivity contribution in [1.29, 1.82) is 0 Å². The van der Waals surface area contributed by atoms with E-state index in [1.807, 2.05) is 0 Å². The van der Waals surface area contributed by atoms with E-state index >= 15 is 0 Å². The van der Waals surface area contributed by atoms with Gasteiger partial charge in [-0.05, 0) is 32.7 Å². The van der Waals surface area contributed by atoms with Crippen molar-refractivity contribution in [3.63, 3.8) is 0 Å². The molecular formula is C12H25N3O. The van der Waals surface area contributed by atoms with E-state index in [-0.39, 0.29) is 5.54 Å². The number of nitrogens with zero attached hydrogens (tertiary/aromatic N) is 1. The van der Waals surface area contributed by atoms with Crippen LogP contribution in [0.5, 0.6) is 0 Å². The van der Waals surface area contributed by atoms with Crippen molar-refractivity contribution in [3.8, 4) is 0 Å². The first-order valence-electron chi connectivity index (χ1n) is 6.37. The van der Waals surface area contributed by atoms with E-state index in [2.05, 4.69) is 17.3 Å². The Labute approximate surface area is 98.5 Å². The molecule has 0 aromatic heterocycles. The van der Waals surface area contributed by atoms with Crippen LogP contribution in [0.2, 0.25) is 0 Å². The number of fused-ring (bicyclic) bond motifs is 2. The molecule has 2 heterocycles. The van der Waals surface area contributed by atoms with Crippen LogP contribution >= 0.6 is 0 Å². The Balaban J connectivity index is 1.95. The fraction of sp³-hybridized carbons (Fsp3) is 1.00. The van der Waals surface area contributed by atoms with E-state index in [0.29, 0.717) is 0 Å². The van der Waals surface area contributed by atoms with Gasteiger partial charge in [-0.25, -0.2) is 0 Å². The normalized spacial score (nSPS) is 39.2. The summed E-state index contributed by atoms with van der Waals surface area (Å²) >= 11 is 0. The highest BCUT2D eigenvalue weighted by Gasteiger charge is 2.45. The van der Waals surface area contributed by atoms with Crippen LogP contribution in [0.15, 0.2) is 0 Å². The van der Waals surface area contributed by atoms with Crippen LogP contribution in [0.1, 0.15) is 25.7 Å². The zero-order valence-electron chi connectivity index (χ0n) is 10.5. The van der Waals surface area contributed by atoms with E-state index in [0.717, 1.165) is 31.8 Å². The lowest BCUT2D eigenvalue weighted by molar-refractivity contribution is 0.0872. The van der Waals surface area contributed by atoms with Crippen molar-refractivity contribution in [2.24, 2.45) is 5.73 Å². The number of nitrogens with one attached hydrogen (secondary N) is 1. The first-order chi connectivity index (χ1) is 7.71. The Kier molecular flexibility index (Phi) is 3.85. The second-order valence-corrected chi connectivity index (χ2v) is 5.36. The maximum Gasteiger partial charge on any atom is 0.0587 e. The van der Waals surface area contributed by atoms with Crippen molar-refractivity contribution in [2.75, 3.05) is 33.9 Å². The highest BCUT2D eigenvalue weighted by atomic mass is 16.5. The number of hydrogen-bond donors (Lipinski definition) is 2. The number of ether oxygens (including phenoxy) is 1. The minimum Gasteiger partial charge on any atom is -0.383 e.